The van der Waals surface area contributed by atoms with Gasteiger partial charge in [-0.3, -0.25) is 4.79 Å². The Morgan fingerprint density at radius 2 is 1.36 bits per heavy atom. The standard InChI is InChI=1S/C32H24F5NO6S/c33-25-24(26(34)28(36)29(37)27(25)35)30(40)38-20-9-5-19(6-10-20)32-43-21(15-45-22-11-7-18(8-12-22)31(41)42)13-23(44-32)17-3-1-16(14-39)2-4-17/h1-12,21,23,32,39H,13-15H2,(H,38,40)(H,41,42)/t21-,23+,32+/m1/s1. The molecule has 1 heterocycles. The summed E-state index contributed by atoms with van der Waals surface area (Å²) in [6.07, 6.45) is -1.15. The van der Waals surface area contributed by atoms with Gasteiger partial charge in [-0.1, -0.05) is 36.4 Å². The number of ether oxygens (including phenoxy) is 2. The number of benzene rings is 4. The first-order chi connectivity index (χ1) is 21.5. The van der Waals surface area contributed by atoms with E-state index in [1.54, 1.807) is 24.3 Å². The predicted octanol–water partition coefficient (Wildman–Crippen LogP) is 7.16. The first kappa shape index (κ1) is 32.1. The van der Waals surface area contributed by atoms with E-state index in [4.69, 9.17) is 14.6 Å². The van der Waals surface area contributed by atoms with E-state index in [-0.39, 0.29) is 24.0 Å². The summed E-state index contributed by atoms with van der Waals surface area (Å²) < 4.78 is 81.2. The quantitative estimate of drug-likeness (QED) is 0.0768. The lowest BCUT2D eigenvalue weighted by Crippen LogP contribution is -2.31. The van der Waals surface area contributed by atoms with Gasteiger partial charge in [-0.25, -0.2) is 26.7 Å². The molecule has 0 bridgehead atoms. The van der Waals surface area contributed by atoms with Crippen molar-refractivity contribution >= 4 is 29.3 Å². The highest BCUT2D eigenvalue weighted by Gasteiger charge is 2.33. The molecule has 5 rings (SSSR count). The van der Waals surface area contributed by atoms with E-state index in [1.165, 1.54) is 48.2 Å². The van der Waals surface area contributed by atoms with Crippen molar-refractivity contribution in [3.05, 3.63) is 130 Å². The second-order valence-electron chi connectivity index (χ2n) is 10.0. The maximum Gasteiger partial charge on any atom is 0.335 e. The van der Waals surface area contributed by atoms with E-state index < -0.39 is 58.9 Å². The number of halogens is 5. The highest BCUT2D eigenvalue weighted by Crippen LogP contribution is 2.40. The van der Waals surface area contributed by atoms with Gasteiger partial charge in [0.1, 0.15) is 5.56 Å². The van der Waals surface area contributed by atoms with Crippen molar-refractivity contribution in [1.29, 1.82) is 0 Å². The lowest BCUT2D eigenvalue weighted by Gasteiger charge is -2.36. The van der Waals surface area contributed by atoms with Gasteiger partial charge < -0.3 is 25.0 Å². The SMILES string of the molecule is O=C(O)c1ccc(SC[C@H]2C[C@@H](c3ccc(CO)cc3)O[C@@H](c3ccc(NC(=O)c4c(F)c(F)c(F)c(F)c4F)cc3)O2)cc1. The van der Waals surface area contributed by atoms with Crippen LogP contribution >= 0.6 is 11.8 Å². The summed E-state index contributed by atoms with van der Waals surface area (Å²) in [7, 11) is 0. The van der Waals surface area contributed by atoms with Crippen LogP contribution in [0.25, 0.3) is 0 Å². The van der Waals surface area contributed by atoms with Crippen molar-refractivity contribution in [2.75, 3.05) is 11.1 Å². The number of carbonyl (C=O) groups is 2. The molecule has 0 unspecified atom stereocenters. The van der Waals surface area contributed by atoms with Crippen LogP contribution in [0.3, 0.4) is 0 Å². The summed E-state index contributed by atoms with van der Waals surface area (Å²) in [5, 5.41) is 20.7. The first-order valence-electron chi connectivity index (χ1n) is 13.4. The van der Waals surface area contributed by atoms with Crippen molar-refractivity contribution in [3.63, 3.8) is 0 Å². The number of anilines is 1. The van der Waals surface area contributed by atoms with Crippen molar-refractivity contribution in [2.45, 2.75) is 36.4 Å². The average molecular weight is 646 g/mol. The number of nitrogens with one attached hydrogen (secondary N) is 1. The van der Waals surface area contributed by atoms with Crippen molar-refractivity contribution < 1.29 is 51.2 Å². The van der Waals surface area contributed by atoms with Crippen molar-refractivity contribution in [2.24, 2.45) is 0 Å². The number of hydrogen-bond donors (Lipinski definition) is 3. The molecular formula is C32H24F5NO6S. The zero-order valence-electron chi connectivity index (χ0n) is 23.1. The van der Waals surface area contributed by atoms with E-state index in [1.807, 2.05) is 12.1 Å². The zero-order chi connectivity index (χ0) is 32.2. The van der Waals surface area contributed by atoms with Gasteiger partial charge in [-0.2, -0.15) is 0 Å². The van der Waals surface area contributed by atoms with Crippen LogP contribution < -0.4 is 5.32 Å². The molecule has 0 radical (unpaired) electrons. The van der Waals surface area contributed by atoms with E-state index in [9.17, 15) is 36.6 Å². The van der Waals surface area contributed by atoms with Gasteiger partial charge in [-0.05, 0) is 47.5 Å². The Morgan fingerprint density at radius 3 is 1.93 bits per heavy atom. The van der Waals surface area contributed by atoms with Gasteiger partial charge in [0.25, 0.3) is 5.91 Å². The molecule has 234 valence electrons. The molecule has 0 aromatic heterocycles. The van der Waals surface area contributed by atoms with Crippen LogP contribution in [0.15, 0.2) is 77.7 Å². The molecule has 0 spiro atoms. The largest absolute Gasteiger partial charge is 0.478 e. The predicted molar refractivity (Wildman–Crippen MR) is 153 cm³/mol. The lowest BCUT2D eigenvalue weighted by atomic mass is 10.0. The zero-order valence-corrected chi connectivity index (χ0v) is 23.9. The highest BCUT2D eigenvalue weighted by atomic mass is 32.2. The number of carbonyl (C=O) groups excluding carboxylic acids is 1. The van der Waals surface area contributed by atoms with Gasteiger partial charge in [0, 0.05) is 28.3 Å². The molecule has 7 nitrogen and oxygen atoms in total. The summed E-state index contributed by atoms with van der Waals surface area (Å²) in [4.78, 5) is 24.4. The normalized spacial score (nSPS) is 18.0. The maximum absolute atomic E-state index is 14.1. The number of thioether (sulfide) groups is 1. The lowest BCUT2D eigenvalue weighted by molar-refractivity contribution is -0.245. The molecule has 1 aliphatic heterocycles. The van der Waals surface area contributed by atoms with E-state index in [2.05, 4.69) is 5.32 Å². The number of amides is 1. The Bertz CT molecular complexity index is 1670. The fourth-order valence-electron chi connectivity index (χ4n) is 4.63. The van der Waals surface area contributed by atoms with Crippen LogP contribution in [0.5, 0.6) is 0 Å². The second kappa shape index (κ2) is 13.8. The summed E-state index contributed by atoms with van der Waals surface area (Å²) >= 11 is 1.47. The van der Waals surface area contributed by atoms with Crippen LogP contribution in [0.2, 0.25) is 0 Å². The maximum atomic E-state index is 14.1. The Kier molecular flexibility index (Phi) is 9.83. The molecule has 1 saturated heterocycles. The number of aliphatic hydroxyl groups excluding tert-OH is 1. The molecule has 4 aromatic carbocycles. The fraction of sp³-hybridized carbons (Fsp3) is 0.188. The van der Waals surface area contributed by atoms with Crippen LogP contribution in [0.1, 0.15) is 56.2 Å². The average Bonchev–Trinajstić information content (AvgIpc) is 3.06. The molecule has 1 aliphatic rings. The Labute approximate surface area is 257 Å². The van der Waals surface area contributed by atoms with Crippen LogP contribution in [0.4, 0.5) is 27.6 Å². The van der Waals surface area contributed by atoms with Gasteiger partial charge in [0.15, 0.2) is 29.6 Å². The number of carboxylic acid groups (broad SMARTS) is 1. The van der Waals surface area contributed by atoms with Crippen LogP contribution in [0, 0.1) is 29.1 Å². The fourth-order valence-corrected chi connectivity index (χ4v) is 5.55. The van der Waals surface area contributed by atoms with Crippen LogP contribution in [-0.4, -0.2) is 33.9 Å². The minimum atomic E-state index is -2.37. The number of aromatic carboxylic acids is 1. The molecular weight excluding hydrogens is 621 g/mol. The van der Waals surface area contributed by atoms with E-state index >= 15 is 0 Å². The summed E-state index contributed by atoms with van der Waals surface area (Å²) in [6.45, 7) is -0.120. The minimum absolute atomic E-state index is 0.0107. The summed E-state index contributed by atoms with van der Waals surface area (Å²) in [5.41, 5.74) is 0.650. The van der Waals surface area contributed by atoms with Gasteiger partial charge in [0.05, 0.1) is 24.4 Å². The number of rotatable bonds is 9. The molecule has 4 aromatic rings. The Balaban J connectivity index is 1.33. The second-order valence-corrected chi connectivity index (χ2v) is 11.1. The monoisotopic (exact) mass is 645 g/mol. The number of aliphatic hydroxyl groups is 1. The van der Waals surface area contributed by atoms with Crippen LogP contribution in [-0.2, 0) is 16.1 Å². The van der Waals surface area contributed by atoms with Gasteiger partial charge >= 0.3 is 5.97 Å². The molecule has 13 heteroatoms. The molecule has 45 heavy (non-hydrogen) atoms. The first-order valence-corrected chi connectivity index (χ1v) is 14.4. The third kappa shape index (κ3) is 7.17. The van der Waals surface area contributed by atoms with Crippen molar-refractivity contribution in [3.8, 4) is 0 Å². The summed E-state index contributed by atoms with van der Waals surface area (Å²) in [6, 6.07) is 19.4. The molecule has 3 atom stereocenters. The third-order valence-corrected chi connectivity index (χ3v) is 8.17. The third-order valence-electron chi connectivity index (χ3n) is 7.03. The molecule has 3 N–H and O–H groups in total. The van der Waals surface area contributed by atoms with E-state index in [0.29, 0.717) is 17.7 Å². The molecule has 1 amide bonds. The topological polar surface area (TPSA) is 105 Å². The highest BCUT2D eigenvalue weighted by molar-refractivity contribution is 7.99. The van der Waals surface area contributed by atoms with Gasteiger partial charge in [-0.15, -0.1) is 11.8 Å². The number of carboxylic acids is 1. The minimum Gasteiger partial charge on any atom is -0.478 e. The summed E-state index contributed by atoms with van der Waals surface area (Å²) in [5.74, 6) is -13.4. The Hall–Kier alpha value is -4.30. The van der Waals surface area contributed by atoms with Gasteiger partial charge in [0.2, 0.25) is 5.82 Å². The number of hydrogen-bond acceptors (Lipinski definition) is 6. The Morgan fingerprint density at radius 1 is 0.778 bits per heavy atom. The smallest absolute Gasteiger partial charge is 0.335 e. The molecule has 1 fully saturated rings. The molecule has 0 saturated carbocycles. The molecule has 0 aliphatic carbocycles. The van der Waals surface area contributed by atoms with E-state index in [0.717, 1.165) is 16.0 Å². The van der Waals surface area contributed by atoms with Crippen molar-refractivity contribution in [1.82, 2.24) is 0 Å².